The number of carboxylic acids is 1. The Balaban J connectivity index is 2.97. The van der Waals surface area contributed by atoms with Crippen molar-refractivity contribution in [2.75, 3.05) is 0 Å². The predicted molar refractivity (Wildman–Crippen MR) is 57.0 cm³/mol. The lowest BCUT2D eigenvalue weighted by molar-refractivity contribution is -0.147. The minimum atomic E-state index is -1.91. The van der Waals surface area contributed by atoms with Crippen molar-refractivity contribution in [3.8, 4) is 5.75 Å². The number of carbonyl (C=O) groups is 2. The van der Waals surface area contributed by atoms with Crippen LogP contribution in [0.1, 0.15) is 12.5 Å². The normalized spacial score (nSPS) is 14.1. The number of aromatic hydroxyl groups is 1. The summed E-state index contributed by atoms with van der Waals surface area (Å²) in [6.07, 6.45) is -0.0993. The molecule has 0 saturated carbocycles. The minimum absolute atomic E-state index is 0.0736. The second-order valence-electron chi connectivity index (χ2n) is 3.68. The number of carbonyl (C=O) groups excluding carboxylic acids is 1. The van der Waals surface area contributed by atoms with E-state index in [4.69, 9.17) is 15.9 Å². The molecule has 1 aromatic carbocycles. The van der Waals surface area contributed by atoms with E-state index in [0.29, 0.717) is 5.56 Å². The smallest absolute Gasteiger partial charge is 0.331 e. The molecule has 0 bridgehead atoms. The summed E-state index contributed by atoms with van der Waals surface area (Å²) in [5.41, 5.74) is 4.22. The zero-order chi connectivity index (χ0) is 12.3. The molecule has 1 aromatic rings. The molecule has 4 N–H and O–H groups in total. The summed E-state index contributed by atoms with van der Waals surface area (Å²) in [6.45, 7) is 1.15. The third-order valence-corrected chi connectivity index (χ3v) is 2.43. The van der Waals surface area contributed by atoms with Crippen molar-refractivity contribution in [3.05, 3.63) is 29.8 Å². The van der Waals surface area contributed by atoms with Crippen LogP contribution in [0.5, 0.6) is 5.75 Å². The summed E-state index contributed by atoms with van der Waals surface area (Å²) < 4.78 is 0. The second kappa shape index (κ2) is 4.32. The molecule has 0 aromatic heterocycles. The monoisotopic (exact) mass is 223 g/mol. The summed E-state index contributed by atoms with van der Waals surface area (Å²) in [5, 5.41) is 18.0. The van der Waals surface area contributed by atoms with E-state index in [1.54, 1.807) is 0 Å². The van der Waals surface area contributed by atoms with Crippen molar-refractivity contribution in [1.29, 1.82) is 0 Å². The van der Waals surface area contributed by atoms with Gasteiger partial charge in [0.05, 0.1) is 0 Å². The zero-order valence-corrected chi connectivity index (χ0v) is 8.80. The van der Waals surface area contributed by atoms with E-state index in [1.165, 1.54) is 24.3 Å². The van der Waals surface area contributed by atoms with Gasteiger partial charge >= 0.3 is 5.97 Å². The van der Waals surface area contributed by atoms with Gasteiger partial charge in [-0.1, -0.05) is 12.1 Å². The first-order valence-corrected chi connectivity index (χ1v) is 4.67. The molecule has 5 heteroatoms. The molecule has 0 aliphatic heterocycles. The third-order valence-electron chi connectivity index (χ3n) is 2.43. The number of hydrogen-bond acceptors (Lipinski definition) is 4. The molecule has 0 fully saturated rings. The molecule has 0 spiro atoms. The molecule has 0 amide bonds. The van der Waals surface area contributed by atoms with Gasteiger partial charge in [-0.2, -0.15) is 0 Å². The van der Waals surface area contributed by atoms with Crippen molar-refractivity contribution < 1.29 is 19.8 Å². The van der Waals surface area contributed by atoms with Crippen LogP contribution in [-0.2, 0) is 16.0 Å². The van der Waals surface area contributed by atoms with Crippen LogP contribution in [0, 0.1) is 0 Å². The summed E-state index contributed by atoms with van der Waals surface area (Å²) in [6, 6.07) is 5.89. The van der Waals surface area contributed by atoms with Gasteiger partial charge in [0.15, 0.2) is 11.3 Å². The van der Waals surface area contributed by atoms with Crippen LogP contribution in [0.4, 0.5) is 0 Å². The van der Waals surface area contributed by atoms with Gasteiger partial charge in [0.25, 0.3) is 0 Å². The van der Waals surface area contributed by atoms with E-state index in [9.17, 15) is 9.59 Å². The number of carboxylic acid groups (broad SMARTS) is 1. The highest BCUT2D eigenvalue weighted by Crippen LogP contribution is 2.16. The number of nitrogens with two attached hydrogens (primary N) is 1. The minimum Gasteiger partial charge on any atom is -0.508 e. The number of benzene rings is 1. The molecule has 0 aliphatic carbocycles. The molecule has 0 saturated heterocycles. The maximum Gasteiger partial charge on any atom is 0.331 e. The number of ketones is 1. The van der Waals surface area contributed by atoms with Crippen molar-refractivity contribution in [3.63, 3.8) is 0 Å². The highest BCUT2D eigenvalue weighted by atomic mass is 16.4. The quantitative estimate of drug-likeness (QED) is 0.637. The van der Waals surface area contributed by atoms with Gasteiger partial charge in [-0.15, -0.1) is 0 Å². The van der Waals surface area contributed by atoms with E-state index in [2.05, 4.69) is 0 Å². The molecule has 16 heavy (non-hydrogen) atoms. The lowest BCUT2D eigenvalue weighted by atomic mass is 9.88. The van der Waals surface area contributed by atoms with Crippen LogP contribution < -0.4 is 5.73 Å². The SMILES string of the molecule is CC(=O)[C@](N)(Cc1ccc(O)cc1)C(=O)O. The summed E-state index contributed by atoms with van der Waals surface area (Å²) in [4.78, 5) is 22.2. The largest absolute Gasteiger partial charge is 0.508 e. The highest BCUT2D eigenvalue weighted by Gasteiger charge is 2.39. The standard InChI is InChI=1S/C11H13NO4/c1-7(13)11(12,10(15)16)6-8-2-4-9(14)5-3-8/h2-5,14H,6,12H2,1H3,(H,15,16)/t11-/m1/s1. The summed E-state index contributed by atoms with van der Waals surface area (Å²) in [5.74, 6) is -1.88. The van der Waals surface area contributed by atoms with E-state index < -0.39 is 17.3 Å². The van der Waals surface area contributed by atoms with E-state index >= 15 is 0 Å². The Hall–Kier alpha value is -1.88. The van der Waals surface area contributed by atoms with Gasteiger partial charge in [0.2, 0.25) is 0 Å². The predicted octanol–water partition coefficient (Wildman–Crippen LogP) is 0.306. The molecule has 5 nitrogen and oxygen atoms in total. The maximum absolute atomic E-state index is 11.2. The third kappa shape index (κ3) is 2.38. The summed E-state index contributed by atoms with van der Waals surface area (Å²) >= 11 is 0. The highest BCUT2D eigenvalue weighted by molar-refractivity contribution is 6.06. The number of aliphatic carboxylic acids is 1. The lowest BCUT2D eigenvalue weighted by Gasteiger charge is -2.21. The van der Waals surface area contributed by atoms with Crippen LogP contribution in [0.15, 0.2) is 24.3 Å². The first kappa shape index (κ1) is 12.2. The Kier molecular flexibility index (Phi) is 3.29. The maximum atomic E-state index is 11.2. The molecule has 1 atom stereocenters. The van der Waals surface area contributed by atoms with Crippen LogP contribution in [-0.4, -0.2) is 27.5 Å². The van der Waals surface area contributed by atoms with Gasteiger partial charge in [0.1, 0.15) is 5.75 Å². The molecular weight excluding hydrogens is 210 g/mol. The van der Waals surface area contributed by atoms with Crippen molar-refractivity contribution in [2.45, 2.75) is 18.9 Å². The zero-order valence-electron chi connectivity index (χ0n) is 8.80. The fourth-order valence-electron chi connectivity index (χ4n) is 1.29. The lowest BCUT2D eigenvalue weighted by Crippen LogP contribution is -2.55. The van der Waals surface area contributed by atoms with E-state index in [1.807, 2.05) is 0 Å². The van der Waals surface area contributed by atoms with Crippen LogP contribution in [0.3, 0.4) is 0 Å². The Bertz CT molecular complexity index is 396. The topological polar surface area (TPSA) is 101 Å². The van der Waals surface area contributed by atoms with Crippen LogP contribution in [0.25, 0.3) is 0 Å². The van der Waals surface area contributed by atoms with Crippen LogP contribution >= 0.6 is 0 Å². The number of rotatable bonds is 4. The fraction of sp³-hybridized carbons (Fsp3) is 0.273. The Labute approximate surface area is 92.5 Å². The van der Waals surface area contributed by atoms with Crippen molar-refractivity contribution in [2.24, 2.45) is 5.73 Å². The average Bonchev–Trinajstić information content (AvgIpc) is 2.20. The first-order chi connectivity index (χ1) is 7.36. The van der Waals surface area contributed by atoms with Crippen molar-refractivity contribution in [1.82, 2.24) is 0 Å². The fourth-order valence-corrected chi connectivity index (χ4v) is 1.29. The van der Waals surface area contributed by atoms with Gasteiger partial charge in [-0.25, -0.2) is 4.79 Å². The number of phenols is 1. The number of Topliss-reactive ketones (excluding diaryl/α,β-unsaturated/α-hetero) is 1. The Morgan fingerprint density at radius 2 is 1.81 bits per heavy atom. The van der Waals surface area contributed by atoms with Gasteiger partial charge < -0.3 is 15.9 Å². The molecule has 86 valence electrons. The van der Waals surface area contributed by atoms with Gasteiger partial charge in [-0.3, -0.25) is 4.79 Å². The number of hydrogen-bond donors (Lipinski definition) is 3. The molecule has 0 unspecified atom stereocenters. The molecule has 0 heterocycles. The average molecular weight is 223 g/mol. The van der Waals surface area contributed by atoms with Crippen LogP contribution in [0.2, 0.25) is 0 Å². The molecule has 1 rings (SSSR count). The van der Waals surface area contributed by atoms with Crippen molar-refractivity contribution >= 4 is 11.8 Å². The first-order valence-electron chi connectivity index (χ1n) is 4.67. The number of phenolic OH excluding ortho intramolecular Hbond substituents is 1. The van der Waals surface area contributed by atoms with E-state index in [-0.39, 0.29) is 12.2 Å². The molecule has 0 radical (unpaired) electrons. The van der Waals surface area contributed by atoms with Gasteiger partial charge in [-0.05, 0) is 24.6 Å². The summed E-state index contributed by atoms with van der Waals surface area (Å²) in [7, 11) is 0. The molecular formula is C11H13NO4. The second-order valence-corrected chi connectivity index (χ2v) is 3.68. The Morgan fingerprint density at radius 3 is 2.19 bits per heavy atom. The van der Waals surface area contributed by atoms with E-state index in [0.717, 1.165) is 6.92 Å². The molecule has 0 aliphatic rings. The van der Waals surface area contributed by atoms with Gasteiger partial charge in [0, 0.05) is 6.42 Å². The Morgan fingerprint density at radius 1 is 1.31 bits per heavy atom.